The number of aryl methyl sites for hydroxylation is 1. The Labute approximate surface area is 138 Å². The molecule has 1 fully saturated rings. The topological polar surface area (TPSA) is 62.7 Å². The summed E-state index contributed by atoms with van der Waals surface area (Å²) in [7, 11) is 0. The van der Waals surface area contributed by atoms with Crippen LogP contribution in [0.4, 0.5) is 4.79 Å². The summed E-state index contributed by atoms with van der Waals surface area (Å²) < 4.78 is 5.39. The van der Waals surface area contributed by atoms with Crippen molar-refractivity contribution in [1.29, 1.82) is 0 Å². The number of hydrogen-bond donors (Lipinski definition) is 1. The summed E-state index contributed by atoms with van der Waals surface area (Å²) in [5.74, 6) is 0.0789. The summed E-state index contributed by atoms with van der Waals surface area (Å²) in [6.07, 6.45) is 3.37. The van der Waals surface area contributed by atoms with Crippen LogP contribution in [0.5, 0.6) is 0 Å². The molecule has 2 rings (SSSR count). The van der Waals surface area contributed by atoms with Gasteiger partial charge in [0.15, 0.2) is 0 Å². The van der Waals surface area contributed by atoms with Crippen LogP contribution in [-0.4, -0.2) is 45.9 Å². The van der Waals surface area contributed by atoms with E-state index in [1.807, 2.05) is 33.0 Å². The Kier molecular flexibility index (Phi) is 5.63. The predicted octanol–water partition coefficient (Wildman–Crippen LogP) is 2.80. The van der Waals surface area contributed by atoms with Crippen LogP contribution in [0.15, 0.2) is 18.3 Å². The quantitative estimate of drug-likeness (QED) is 0.926. The number of aromatic nitrogens is 1. The third kappa shape index (κ3) is 5.20. The van der Waals surface area contributed by atoms with Gasteiger partial charge in [-0.2, -0.15) is 0 Å². The maximum absolute atomic E-state index is 12.1. The van der Waals surface area contributed by atoms with E-state index in [1.54, 1.807) is 4.90 Å². The molecule has 0 saturated carbocycles. The van der Waals surface area contributed by atoms with Crippen LogP contribution in [0.1, 0.15) is 45.4 Å². The molecule has 1 aliphatic heterocycles. The second kappa shape index (κ2) is 7.30. The lowest BCUT2D eigenvalue weighted by Gasteiger charge is -2.25. The van der Waals surface area contributed by atoms with Crippen molar-refractivity contribution in [2.75, 3.05) is 13.1 Å². The summed E-state index contributed by atoms with van der Waals surface area (Å²) >= 11 is 0. The van der Waals surface area contributed by atoms with E-state index in [9.17, 15) is 9.90 Å². The maximum Gasteiger partial charge on any atom is 0.410 e. The average Bonchev–Trinajstić information content (AvgIpc) is 2.96. The lowest BCUT2D eigenvalue weighted by molar-refractivity contribution is 0.0269. The van der Waals surface area contributed by atoms with Gasteiger partial charge in [0.25, 0.3) is 0 Å². The highest BCUT2D eigenvalue weighted by atomic mass is 16.6. The van der Waals surface area contributed by atoms with Gasteiger partial charge in [-0.25, -0.2) is 4.79 Å². The molecule has 1 aromatic rings. The predicted molar refractivity (Wildman–Crippen MR) is 89.2 cm³/mol. The van der Waals surface area contributed by atoms with Gasteiger partial charge in [-0.15, -0.1) is 0 Å². The maximum atomic E-state index is 12.1. The van der Waals surface area contributed by atoms with E-state index in [0.29, 0.717) is 19.5 Å². The zero-order valence-electron chi connectivity index (χ0n) is 14.6. The molecule has 0 radical (unpaired) electrons. The molecule has 2 unspecified atom stereocenters. The minimum atomic E-state index is -0.487. The molecule has 1 amide bonds. The second-order valence-corrected chi connectivity index (χ2v) is 7.26. The molecule has 0 aromatic carbocycles. The SMILES string of the molecule is CCc1ccc(CC(O)C2CCN(C(=O)OC(C)(C)C)C2)nc1. The van der Waals surface area contributed by atoms with Gasteiger partial charge in [-0.3, -0.25) is 4.98 Å². The third-order valence-electron chi connectivity index (χ3n) is 4.13. The van der Waals surface area contributed by atoms with Crippen molar-refractivity contribution in [3.05, 3.63) is 29.6 Å². The Morgan fingerprint density at radius 3 is 2.78 bits per heavy atom. The molecule has 2 heterocycles. The minimum Gasteiger partial charge on any atom is -0.444 e. The smallest absolute Gasteiger partial charge is 0.410 e. The molecule has 23 heavy (non-hydrogen) atoms. The second-order valence-electron chi connectivity index (χ2n) is 7.26. The molecule has 1 saturated heterocycles. The van der Waals surface area contributed by atoms with Crippen molar-refractivity contribution in [2.45, 2.75) is 58.7 Å². The molecule has 1 N–H and O–H groups in total. The lowest BCUT2D eigenvalue weighted by Crippen LogP contribution is -2.36. The zero-order valence-corrected chi connectivity index (χ0v) is 14.6. The number of likely N-dealkylation sites (tertiary alicyclic amines) is 1. The van der Waals surface area contributed by atoms with Crippen LogP contribution in [0.25, 0.3) is 0 Å². The highest BCUT2D eigenvalue weighted by Crippen LogP contribution is 2.23. The Bertz CT molecular complexity index is 522. The molecule has 2 atom stereocenters. The highest BCUT2D eigenvalue weighted by molar-refractivity contribution is 5.68. The van der Waals surface area contributed by atoms with Crippen molar-refractivity contribution in [3.63, 3.8) is 0 Å². The van der Waals surface area contributed by atoms with Crippen molar-refractivity contribution in [2.24, 2.45) is 5.92 Å². The molecule has 5 nitrogen and oxygen atoms in total. The van der Waals surface area contributed by atoms with Gasteiger partial charge in [-0.05, 0) is 45.2 Å². The van der Waals surface area contributed by atoms with E-state index in [0.717, 1.165) is 18.5 Å². The van der Waals surface area contributed by atoms with Crippen LogP contribution < -0.4 is 0 Å². The molecule has 5 heteroatoms. The molecule has 0 aliphatic carbocycles. The first-order chi connectivity index (χ1) is 10.8. The van der Waals surface area contributed by atoms with E-state index in [-0.39, 0.29) is 12.0 Å². The number of pyridine rings is 1. The van der Waals surface area contributed by atoms with Crippen LogP contribution in [0, 0.1) is 5.92 Å². The summed E-state index contributed by atoms with van der Waals surface area (Å²) in [6, 6.07) is 4.03. The molecule has 1 aliphatic rings. The Morgan fingerprint density at radius 2 is 2.22 bits per heavy atom. The van der Waals surface area contributed by atoms with Gasteiger partial charge in [0, 0.05) is 37.3 Å². The van der Waals surface area contributed by atoms with Crippen molar-refractivity contribution in [3.8, 4) is 0 Å². The number of ether oxygens (including phenoxy) is 1. The third-order valence-corrected chi connectivity index (χ3v) is 4.13. The van der Waals surface area contributed by atoms with Crippen LogP contribution in [0.3, 0.4) is 0 Å². The first-order valence-electron chi connectivity index (χ1n) is 8.38. The average molecular weight is 320 g/mol. The number of aliphatic hydroxyl groups excluding tert-OH is 1. The van der Waals surface area contributed by atoms with Crippen LogP contribution >= 0.6 is 0 Å². The van der Waals surface area contributed by atoms with Gasteiger partial charge in [0.05, 0.1) is 6.10 Å². The summed E-state index contributed by atoms with van der Waals surface area (Å²) in [4.78, 5) is 18.2. The fraction of sp³-hybridized carbons (Fsp3) is 0.667. The van der Waals surface area contributed by atoms with Crippen LogP contribution in [0.2, 0.25) is 0 Å². The zero-order chi connectivity index (χ0) is 17.0. The standard InChI is InChI=1S/C18H28N2O3/c1-5-13-6-7-15(19-11-13)10-16(21)14-8-9-20(12-14)17(22)23-18(2,3)4/h6-7,11,14,16,21H,5,8-10,12H2,1-4H3. The van der Waals surface area contributed by atoms with E-state index in [2.05, 4.69) is 18.0 Å². The largest absolute Gasteiger partial charge is 0.444 e. The molecular formula is C18H28N2O3. The fourth-order valence-electron chi connectivity index (χ4n) is 2.76. The number of carbonyl (C=O) groups excluding carboxylic acids is 1. The monoisotopic (exact) mass is 320 g/mol. The summed E-state index contributed by atoms with van der Waals surface area (Å²) in [5.41, 5.74) is 1.60. The number of amides is 1. The van der Waals surface area contributed by atoms with Crippen molar-refractivity contribution < 1.29 is 14.6 Å². The molecule has 128 valence electrons. The summed E-state index contributed by atoms with van der Waals surface area (Å²) in [6.45, 7) is 8.86. The summed E-state index contributed by atoms with van der Waals surface area (Å²) in [5, 5.41) is 10.4. The molecule has 0 spiro atoms. The number of nitrogens with zero attached hydrogens (tertiary/aromatic N) is 2. The van der Waals surface area contributed by atoms with Gasteiger partial charge >= 0.3 is 6.09 Å². The molecule has 0 bridgehead atoms. The first-order valence-corrected chi connectivity index (χ1v) is 8.38. The van der Waals surface area contributed by atoms with Crippen molar-refractivity contribution >= 4 is 6.09 Å². The van der Waals surface area contributed by atoms with Crippen LogP contribution in [-0.2, 0) is 17.6 Å². The van der Waals surface area contributed by atoms with E-state index >= 15 is 0 Å². The normalized spacial score (nSPS) is 19.7. The van der Waals surface area contributed by atoms with Gasteiger partial charge < -0.3 is 14.7 Å². The van der Waals surface area contributed by atoms with E-state index < -0.39 is 11.7 Å². The van der Waals surface area contributed by atoms with Gasteiger partial charge in [0.2, 0.25) is 0 Å². The highest BCUT2D eigenvalue weighted by Gasteiger charge is 2.33. The number of aliphatic hydroxyl groups is 1. The van der Waals surface area contributed by atoms with Gasteiger partial charge in [-0.1, -0.05) is 13.0 Å². The Morgan fingerprint density at radius 1 is 1.48 bits per heavy atom. The van der Waals surface area contributed by atoms with E-state index in [1.165, 1.54) is 5.56 Å². The molecular weight excluding hydrogens is 292 g/mol. The van der Waals surface area contributed by atoms with Crippen molar-refractivity contribution in [1.82, 2.24) is 9.88 Å². The first kappa shape index (κ1) is 17.7. The number of hydrogen-bond acceptors (Lipinski definition) is 4. The molecule has 1 aromatic heterocycles. The minimum absolute atomic E-state index is 0.0789. The number of rotatable bonds is 4. The Hall–Kier alpha value is -1.62. The van der Waals surface area contributed by atoms with Gasteiger partial charge in [0.1, 0.15) is 5.60 Å². The fourth-order valence-corrected chi connectivity index (χ4v) is 2.76. The van der Waals surface area contributed by atoms with E-state index in [4.69, 9.17) is 4.74 Å². The lowest BCUT2D eigenvalue weighted by atomic mass is 9.97. The Balaban J connectivity index is 1.86. The number of carbonyl (C=O) groups is 1.